The van der Waals surface area contributed by atoms with Gasteiger partial charge in [0.05, 0.1) is 0 Å². The Kier molecular flexibility index (Phi) is 4.54. The lowest BCUT2D eigenvalue weighted by atomic mass is 10.2. The summed E-state index contributed by atoms with van der Waals surface area (Å²) in [6.45, 7) is 7.47. The Hall–Kier alpha value is -1.52. The Morgan fingerprint density at radius 3 is 2.71 bits per heavy atom. The summed E-state index contributed by atoms with van der Waals surface area (Å²) < 4.78 is 0. The first-order chi connectivity index (χ1) is 6.79. The molecule has 0 unspecified atom stereocenters. The van der Waals surface area contributed by atoms with E-state index in [2.05, 4.69) is 48.0 Å². The van der Waals surface area contributed by atoms with Crippen LogP contribution in [0.15, 0.2) is 42.5 Å². The van der Waals surface area contributed by atoms with Crippen molar-refractivity contribution >= 4 is 0 Å². The molecule has 0 heterocycles. The van der Waals surface area contributed by atoms with Crippen LogP contribution in [0.2, 0.25) is 0 Å². The van der Waals surface area contributed by atoms with Crippen LogP contribution in [-0.2, 0) is 6.54 Å². The Labute approximate surface area is 85.8 Å². The molecule has 0 amide bonds. The van der Waals surface area contributed by atoms with Gasteiger partial charge >= 0.3 is 0 Å². The molecule has 72 valence electrons. The first-order valence-corrected chi connectivity index (χ1v) is 4.79. The van der Waals surface area contributed by atoms with Crippen LogP contribution < -0.4 is 5.32 Å². The number of benzene rings is 1. The maximum atomic E-state index is 3.72. The Bertz CT molecular complexity index is 340. The minimum atomic E-state index is 0.835. The van der Waals surface area contributed by atoms with Crippen molar-refractivity contribution in [2.24, 2.45) is 0 Å². The summed E-state index contributed by atoms with van der Waals surface area (Å²) in [6, 6.07) is 10.4. The first-order valence-electron chi connectivity index (χ1n) is 4.79. The van der Waals surface area contributed by atoms with E-state index in [9.17, 15) is 0 Å². The SMILES string of the molecule is C=C(C)C#CC[NH2+]Cc1ccccc1. The summed E-state index contributed by atoms with van der Waals surface area (Å²) in [4.78, 5) is 0. The molecular formula is C13H16N+. The minimum Gasteiger partial charge on any atom is -0.332 e. The molecule has 1 heteroatoms. The van der Waals surface area contributed by atoms with Crippen molar-refractivity contribution in [2.75, 3.05) is 6.54 Å². The molecule has 0 aromatic heterocycles. The standard InChI is InChI=1S/C13H15N/c1-12(2)7-6-10-14-11-13-8-4-3-5-9-13/h3-5,8-9,14H,1,10-11H2,2H3/p+1. The molecule has 1 rings (SSSR count). The molecule has 1 aromatic carbocycles. The summed E-state index contributed by atoms with van der Waals surface area (Å²) in [5.41, 5.74) is 2.27. The van der Waals surface area contributed by atoms with Gasteiger partial charge in [0.15, 0.2) is 0 Å². The third-order valence-electron chi connectivity index (χ3n) is 1.77. The highest BCUT2D eigenvalue weighted by atomic mass is 14.8. The minimum absolute atomic E-state index is 0.835. The zero-order chi connectivity index (χ0) is 10.2. The van der Waals surface area contributed by atoms with Gasteiger partial charge in [-0.25, -0.2) is 0 Å². The van der Waals surface area contributed by atoms with Crippen molar-refractivity contribution in [3.63, 3.8) is 0 Å². The second-order valence-electron chi connectivity index (χ2n) is 3.26. The Morgan fingerprint density at radius 1 is 1.36 bits per heavy atom. The summed E-state index contributed by atoms with van der Waals surface area (Å²) in [7, 11) is 0. The van der Waals surface area contributed by atoms with E-state index in [0.717, 1.165) is 18.7 Å². The van der Waals surface area contributed by atoms with Gasteiger partial charge in [-0.2, -0.15) is 0 Å². The highest BCUT2D eigenvalue weighted by Gasteiger charge is 1.90. The van der Waals surface area contributed by atoms with Gasteiger partial charge in [0.1, 0.15) is 13.1 Å². The smallest absolute Gasteiger partial charge is 0.138 e. The van der Waals surface area contributed by atoms with Crippen LogP contribution in [0.25, 0.3) is 0 Å². The Balaban J connectivity index is 2.24. The summed E-state index contributed by atoms with van der Waals surface area (Å²) >= 11 is 0. The van der Waals surface area contributed by atoms with Crippen molar-refractivity contribution in [3.05, 3.63) is 48.0 Å². The average Bonchev–Trinajstić information content (AvgIpc) is 2.18. The molecule has 0 saturated heterocycles. The molecule has 0 aliphatic rings. The predicted octanol–water partition coefficient (Wildman–Crippen LogP) is 1.33. The fourth-order valence-corrected chi connectivity index (χ4v) is 1.13. The fourth-order valence-electron chi connectivity index (χ4n) is 1.13. The summed E-state index contributed by atoms with van der Waals surface area (Å²) in [5.74, 6) is 6.01. The van der Waals surface area contributed by atoms with Crippen molar-refractivity contribution in [3.8, 4) is 11.8 Å². The first kappa shape index (κ1) is 10.6. The van der Waals surface area contributed by atoms with E-state index in [1.54, 1.807) is 0 Å². The van der Waals surface area contributed by atoms with E-state index in [0.29, 0.717) is 0 Å². The molecule has 0 fully saturated rings. The van der Waals surface area contributed by atoms with Crippen LogP contribution in [-0.4, -0.2) is 6.54 Å². The predicted molar refractivity (Wildman–Crippen MR) is 59.5 cm³/mol. The molecule has 0 aliphatic heterocycles. The van der Waals surface area contributed by atoms with E-state index in [1.807, 2.05) is 13.0 Å². The largest absolute Gasteiger partial charge is 0.332 e. The molecular weight excluding hydrogens is 170 g/mol. The quantitative estimate of drug-likeness (QED) is 0.542. The topological polar surface area (TPSA) is 16.6 Å². The van der Waals surface area contributed by atoms with Gasteiger partial charge in [-0.3, -0.25) is 0 Å². The summed E-state index contributed by atoms with van der Waals surface area (Å²) in [6.07, 6.45) is 0. The van der Waals surface area contributed by atoms with Gasteiger partial charge in [0.25, 0.3) is 0 Å². The van der Waals surface area contributed by atoms with Gasteiger partial charge in [-0.15, -0.1) is 0 Å². The highest BCUT2D eigenvalue weighted by molar-refractivity contribution is 5.22. The van der Waals surface area contributed by atoms with Crippen LogP contribution in [0.5, 0.6) is 0 Å². The zero-order valence-electron chi connectivity index (χ0n) is 8.59. The third kappa shape index (κ3) is 4.49. The summed E-state index contributed by atoms with van der Waals surface area (Å²) in [5, 5.41) is 2.19. The van der Waals surface area contributed by atoms with Gasteiger partial charge in [0.2, 0.25) is 0 Å². The van der Waals surface area contributed by atoms with E-state index < -0.39 is 0 Å². The second-order valence-corrected chi connectivity index (χ2v) is 3.26. The number of hydrogen-bond donors (Lipinski definition) is 1. The lowest BCUT2D eigenvalue weighted by molar-refractivity contribution is -0.660. The lowest BCUT2D eigenvalue weighted by Gasteiger charge is -1.96. The van der Waals surface area contributed by atoms with Crippen molar-refractivity contribution < 1.29 is 5.32 Å². The zero-order valence-corrected chi connectivity index (χ0v) is 8.59. The third-order valence-corrected chi connectivity index (χ3v) is 1.77. The van der Waals surface area contributed by atoms with Crippen LogP contribution in [0.3, 0.4) is 0 Å². The maximum Gasteiger partial charge on any atom is 0.138 e. The monoisotopic (exact) mass is 186 g/mol. The number of quaternary nitrogens is 1. The second kappa shape index (κ2) is 6.01. The number of rotatable bonds is 3. The molecule has 0 saturated carbocycles. The fraction of sp³-hybridized carbons (Fsp3) is 0.231. The highest BCUT2D eigenvalue weighted by Crippen LogP contribution is 1.93. The normalized spacial score (nSPS) is 8.93. The molecule has 0 spiro atoms. The lowest BCUT2D eigenvalue weighted by Crippen LogP contribution is -2.82. The number of hydrogen-bond acceptors (Lipinski definition) is 0. The van der Waals surface area contributed by atoms with Crippen molar-refractivity contribution in [1.29, 1.82) is 0 Å². The van der Waals surface area contributed by atoms with Crippen LogP contribution in [0.4, 0.5) is 0 Å². The maximum absolute atomic E-state index is 3.72. The van der Waals surface area contributed by atoms with E-state index >= 15 is 0 Å². The van der Waals surface area contributed by atoms with E-state index in [4.69, 9.17) is 0 Å². The molecule has 0 aliphatic carbocycles. The molecule has 1 nitrogen and oxygen atoms in total. The van der Waals surface area contributed by atoms with E-state index in [-0.39, 0.29) is 0 Å². The molecule has 1 aromatic rings. The van der Waals surface area contributed by atoms with Crippen LogP contribution in [0.1, 0.15) is 12.5 Å². The molecule has 0 atom stereocenters. The molecule has 14 heavy (non-hydrogen) atoms. The van der Waals surface area contributed by atoms with Crippen molar-refractivity contribution in [2.45, 2.75) is 13.5 Å². The van der Waals surface area contributed by atoms with Gasteiger partial charge < -0.3 is 5.32 Å². The van der Waals surface area contributed by atoms with Gasteiger partial charge in [-0.1, -0.05) is 42.8 Å². The number of allylic oxidation sites excluding steroid dienone is 1. The molecule has 2 N–H and O–H groups in total. The van der Waals surface area contributed by atoms with Gasteiger partial charge in [-0.05, 0) is 18.4 Å². The van der Waals surface area contributed by atoms with Gasteiger partial charge in [0, 0.05) is 5.56 Å². The molecule has 0 radical (unpaired) electrons. The van der Waals surface area contributed by atoms with E-state index in [1.165, 1.54) is 5.56 Å². The van der Waals surface area contributed by atoms with Crippen molar-refractivity contribution in [1.82, 2.24) is 0 Å². The van der Waals surface area contributed by atoms with Crippen LogP contribution >= 0.6 is 0 Å². The Morgan fingerprint density at radius 2 is 2.07 bits per heavy atom. The molecule has 0 bridgehead atoms. The average molecular weight is 186 g/mol. The number of nitrogens with two attached hydrogens (primary N) is 1. The van der Waals surface area contributed by atoms with Crippen LogP contribution in [0, 0.1) is 11.8 Å².